The minimum atomic E-state index is -2.53. The normalized spacial score (nSPS) is 23.3. The lowest BCUT2D eigenvalue weighted by Gasteiger charge is -2.35. The monoisotopic (exact) mass is 326 g/mol. The predicted octanol–water partition coefficient (Wildman–Crippen LogP) is 3.25. The van der Waals surface area contributed by atoms with Crippen molar-refractivity contribution >= 4 is 11.6 Å². The highest BCUT2D eigenvalue weighted by atomic mass is 19.3. The van der Waals surface area contributed by atoms with Gasteiger partial charge in [0.1, 0.15) is 5.71 Å². The number of nitrogens with one attached hydrogen (secondary N) is 1. The van der Waals surface area contributed by atoms with E-state index in [2.05, 4.69) is 16.9 Å². The van der Waals surface area contributed by atoms with Crippen molar-refractivity contribution < 1.29 is 18.3 Å². The summed E-state index contributed by atoms with van der Waals surface area (Å²) in [7, 11) is 0. The van der Waals surface area contributed by atoms with Gasteiger partial charge in [0.05, 0.1) is 0 Å². The molecule has 4 nitrogen and oxygen atoms in total. The number of hydrogen-bond donors (Lipinski definition) is 1. The molecule has 6 heteroatoms. The highest BCUT2D eigenvalue weighted by Gasteiger charge is 2.45. The van der Waals surface area contributed by atoms with Crippen LogP contribution in [0.3, 0.4) is 0 Å². The maximum atomic E-state index is 12.9. The van der Waals surface area contributed by atoms with E-state index >= 15 is 0 Å². The summed E-state index contributed by atoms with van der Waals surface area (Å²) in [5.74, 6) is -2.87. The predicted molar refractivity (Wildman–Crippen MR) is 85.7 cm³/mol. The molecule has 0 unspecified atom stereocenters. The Kier molecular flexibility index (Phi) is 6.04. The van der Waals surface area contributed by atoms with Crippen LogP contribution in [0.4, 0.5) is 8.78 Å². The van der Waals surface area contributed by atoms with Crippen LogP contribution in [0.1, 0.15) is 39.0 Å². The second-order valence-electron chi connectivity index (χ2n) is 6.18. The maximum absolute atomic E-state index is 12.9. The van der Waals surface area contributed by atoms with Crippen LogP contribution in [0, 0.1) is 5.92 Å². The van der Waals surface area contributed by atoms with Gasteiger partial charge in [-0.15, -0.1) is 0 Å². The van der Waals surface area contributed by atoms with E-state index < -0.39 is 5.92 Å². The zero-order valence-electron chi connectivity index (χ0n) is 13.5. The Balaban J connectivity index is 1.92. The van der Waals surface area contributed by atoms with Crippen LogP contribution >= 0.6 is 0 Å². The highest BCUT2D eigenvalue weighted by Crippen LogP contribution is 2.45. The maximum Gasteiger partial charge on any atom is 0.270 e. The van der Waals surface area contributed by atoms with E-state index in [1.54, 1.807) is 13.0 Å². The Morgan fingerprint density at radius 1 is 1.39 bits per heavy atom. The van der Waals surface area contributed by atoms with Gasteiger partial charge in [0.2, 0.25) is 5.92 Å². The summed E-state index contributed by atoms with van der Waals surface area (Å²) in [6.45, 7) is 6.71. The third-order valence-corrected chi connectivity index (χ3v) is 4.25. The summed E-state index contributed by atoms with van der Waals surface area (Å²) in [6.07, 6.45) is 5.01. The van der Waals surface area contributed by atoms with Crippen molar-refractivity contribution in [3.63, 3.8) is 0 Å². The number of nitrogens with zero attached hydrogens (tertiary/aromatic N) is 1. The molecule has 1 aliphatic carbocycles. The minimum Gasteiger partial charge on any atom is -0.381 e. The van der Waals surface area contributed by atoms with Crippen LogP contribution in [-0.2, 0) is 9.53 Å². The minimum absolute atomic E-state index is 0.0652. The van der Waals surface area contributed by atoms with Crippen LogP contribution in [0.15, 0.2) is 29.4 Å². The number of carbonyl (C=O) groups is 1. The first-order chi connectivity index (χ1) is 10.9. The van der Waals surface area contributed by atoms with E-state index in [1.165, 1.54) is 6.08 Å². The van der Waals surface area contributed by atoms with Gasteiger partial charge in [0, 0.05) is 37.8 Å². The van der Waals surface area contributed by atoms with Crippen molar-refractivity contribution in [2.24, 2.45) is 10.9 Å². The van der Waals surface area contributed by atoms with Crippen LogP contribution in [0.5, 0.6) is 0 Å². The van der Waals surface area contributed by atoms with Gasteiger partial charge in [-0.2, -0.15) is 0 Å². The Labute approximate surface area is 135 Å². The van der Waals surface area contributed by atoms with Gasteiger partial charge in [0.15, 0.2) is 0 Å². The van der Waals surface area contributed by atoms with Gasteiger partial charge in [-0.1, -0.05) is 12.7 Å². The smallest absolute Gasteiger partial charge is 0.270 e. The second kappa shape index (κ2) is 7.81. The molecular weight excluding hydrogens is 302 g/mol. The van der Waals surface area contributed by atoms with Crippen molar-refractivity contribution in [1.29, 1.82) is 0 Å². The fraction of sp³-hybridized carbons (Fsp3) is 0.647. The topological polar surface area (TPSA) is 50.7 Å². The average Bonchev–Trinajstić information content (AvgIpc) is 2.50. The number of allylic oxidation sites excluding steroid dienone is 2. The van der Waals surface area contributed by atoms with Crippen LogP contribution in [0.25, 0.3) is 0 Å². The number of aliphatic imine (C=N–C) groups is 1. The second-order valence-corrected chi connectivity index (χ2v) is 6.18. The summed E-state index contributed by atoms with van der Waals surface area (Å²) in [6, 6.07) is 0.0841. The third kappa shape index (κ3) is 5.23. The lowest BCUT2D eigenvalue weighted by atomic mass is 9.78. The molecule has 1 N–H and O–H groups in total. The molecule has 0 radical (unpaired) electrons. The van der Waals surface area contributed by atoms with E-state index in [1.807, 2.05) is 0 Å². The van der Waals surface area contributed by atoms with E-state index in [9.17, 15) is 13.6 Å². The molecule has 128 valence electrons. The van der Waals surface area contributed by atoms with Crippen molar-refractivity contribution in [2.75, 3.05) is 13.2 Å². The van der Waals surface area contributed by atoms with E-state index in [0.29, 0.717) is 25.3 Å². The molecule has 1 amide bonds. The highest BCUT2D eigenvalue weighted by molar-refractivity contribution is 6.43. The van der Waals surface area contributed by atoms with Gasteiger partial charge in [-0.05, 0) is 38.2 Å². The summed E-state index contributed by atoms with van der Waals surface area (Å²) in [5, 5.41) is 2.93. The Morgan fingerprint density at radius 3 is 2.57 bits per heavy atom. The Morgan fingerprint density at radius 2 is 2.04 bits per heavy atom. The molecule has 1 heterocycles. The fourth-order valence-corrected chi connectivity index (χ4v) is 2.90. The molecule has 0 bridgehead atoms. The standard InChI is InChI=1S/C17H24F2N2O2/c1-3-13(9-12-10-17(18,19)11-12)20-15(4-2)16(22)21-14-5-7-23-8-6-14/h3-4,12,14H,2,5-11H2,1H3,(H,21,22). The molecule has 0 aromatic rings. The van der Waals surface area contributed by atoms with Gasteiger partial charge in [-0.3, -0.25) is 4.79 Å². The molecule has 0 atom stereocenters. The van der Waals surface area contributed by atoms with Crippen LogP contribution in [-0.4, -0.2) is 36.8 Å². The number of hydrogen-bond acceptors (Lipinski definition) is 3. The molecule has 1 aliphatic heterocycles. The van der Waals surface area contributed by atoms with E-state index in [4.69, 9.17) is 4.74 Å². The average molecular weight is 326 g/mol. The molecule has 1 saturated carbocycles. The number of halogens is 2. The number of alkyl halides is 2. The Hall–Kier alpha value is -1.56. The molecule has 1 saturated heterocycles. The lowest BCUT2D eigenvalue weighted by molar-refractivity contribution is -0.116. The number of rotatable bonds is 6. The number of ether oxygens (including phenoxy) is 1. The van der Waals surface area contributed by atoms with Gasteiger partial charge in [0.25, 0.3) is 5.91 Å². The zero-order chi connectivity index (χ0) is 16.9. The van der Waals surface area contributed by atoms with Crippen LogP contribution in [0.2, 0.25) is 0 Å². The Bertz CT molecular complexity index is 501. The van der Waals surface area contributed by atoms with Crippen molar-refractivity contribution in [2.45, 2.75) is 51.0 Å². The lowest BCUT2D eigenvalue weighted by Crippen LogP contribution is -2.42. The molecule has 0 aromatic carbocycles. The molecular formula is C17H24F2N2O2. The van der Waals surface area contributed by atoms with Crippen LogP contribution < -0.4 is 5.32 Å². The van der Waals surface area contributed by atoms with Gasteiger partial charge < -0.3 is 10.1 Å². The van der Waals surface area contributed by atoms with Crippen molar-refractivity contribution in [3.8, 4) is 0 Å². The molecule has 23 heavy (non-hydrogen) atoms. The summed E-state index contributed by atoms with van der Waals surface area (Å²) in [5.41, 5.74) is 0.887. The fourth-order valence-electron chi connectivity index (χ4n) is 2.90. The SMILES string of the molecule is C=CC(=NC(=CC)CC1CC(F)(F)C1)C(=O)NC1CCOCC1. The summed E-state index contributed by atoms with van der Waals surface area (Å²) >= 11 is 0. The molecule has 2 aliphatic rings. The first-order valence-electron chi connectivity index (χ1n) is 8.06. The summed E-state index contributed by atoms with van der Waals surface area (Å²) < 4.78 is 31.1. The van der Waals surface area contributed by atoms with E-state index in [-0.39, 0.29) is 36.4 Å². The number of amides is 1. The summed E-state index contributed by atoms with van der Waals surface area (Å²) in [4.78, 5) is 16.6. The molecule has 0 spiro atoms. The molecule has 0 aromatic heterocycles. The van der Waals surface area contributed by atoms with Gasteiger partial charge in [-0.25, -0.2) is 13.8 Å². The molecule has 2 rings (SSSR count). The van der Waals surface area contributed by atoms with Gasteiger partial charge >= 0.3 is 0 Å². The van der Waals surface area contributed by atoms with E-state index in [0.717, 1.165) is 12.8 Å². The number of carbonyl (C=O) groups excluding carboxylic acids is 1. The first kappa shape index (κ1) is 17.8. The largest absolute Gasteiger partial charge is 0.381 e. The zero-order valence-corrected chi connectivity index (χ0v) is 13.5. The third-order valence-electron chi connectivity index (χ3n) is 4.25. The first-order valence-corrected chi connectivity index (χ1v) is 8.06. The quantitative estimate of drug-likeness (QED) is 0.762. The van der Waals surface area contributed by atoms with Crippen molar-refractivity contribution in [3.05, 3.63) is 24.4 Å². The van der Waals surface area contributed by atoms with Crippen molar-refractivity contribution in [1.82, 2.24) is 5.32 Å². The molecule has 2 fully saturated rings.